The van der Waals surface area contributed by atoms with Crippen LogP contribution in [0.2, 0.25) is 0 Å². The molecule has 0 aromatic carbocycles. The van der Waals surface area contributed by atoms with E-state index in [-0.39, 0.29) is 5.76 Å². The molecule has 0 saturated carbocycles. The Labute approximate surface area is 56.1 Å². The number of halogens is 2. The van der Waals surface area contributed by atoms with E-state index in [1.807, 2.05) is 0 Å². The first-order valence-corrected chi connectivity index (χ1v) is 3.58. The molecule has 1 nitrogen and oxygen atoms in total. The van der Waals surface area contributed by atoms with Gasteiger partial charge in [0.25, 0.3) is 6.43 Å². The normalized spacial score (nSPS) is 19.2. The summed E-state index contributed by atoms with van der Waals surface area (Å²) in [5, 5.41) is 1.37. The lowest BCUT2D eigenvalue weighted by atomic mass is 10.6. The summed E-state index contributed by atoms with van der Waals surface area (Å²) >= 11 is 1.36. The number of thioether (sulfide) groups is 1. The van der Waals surface area contributed by atoms with E-state index in [1.54, 1.807) is 0 Å². The van der Waals surface area contributed by atoms with E-state index in [2.05, 4.69) is 4.74 Å². The standard InChI is InChI=1S/C5H6F2OS/c6-5(7)4-3-9-2-1-8-4/h3,5H,1-2H2. The van der Waals surface area contributed by atoms with Crippen LogP contribution in [0, 0.1) is 0 Å². The van der Waals surface area contributed by atoms with Crippen molar-refractivity contribution >= 4 is 11.8 Å². The number of ether oxygens (including phenoxy) is 1. The van der Waals surface area contributed by atoms with Crippen molar-refractivity contribution in [1.82, 2.24) is 0 Å². The Morgan fingerprint density at radius 2 is 2.44 bits per heavy atom. The second kappa shape index (κ2) is 3.06. The number of hydrogen-bond acceptors (Lipinski definition) is 2. The van der Waals surface area contributed by atoms with Gasteiger partial charge >= 0.3 is 0 Å². The molecule has 0 N–H and O–H groups in total. The summed E-state index contributed by atoms with van der Waals surface area (Å²) in [6, 6.07) is 0. The Balaban J connectivity index is 2.46. The van der Waals surface area contributed by atoms with Crippen LogP contribution in [-0.4, -0.2) is 18.8 Å². The minimum atomic E-state index is -2.45. The van der Waals surface area contributed by atoms with Crippen LogP contribution in [0.4, 0.5) is 8.78 Å². The monoisotopic (exact) mass is 152 g/mol. The van der Waals surface area contributed by atoms with Crippen molar-refractivity contribution in [2.75, 3.05) is 12.4 Å². The van der Waals surface area contributed by atoms with Crippen molar-refractivity contribution in [2.24, 2.45) is 0 Å². The summed E-state index contributed by atoms with van der Waals surface area (Å²) in [5.41, 5.74) is 0. The fourth-order valence-corrected chi connectivity index (χ4v) is 1.13. The molecule has 0 unspecified atom stereocenters. The number of allylic oxidation sites excluding steroid dienone is 1. The fourth-order valence-electron chi connectivity index (χ4n) is 0.497. The largest absolute Gasteiger partial charge is 0.490 e. The maximum Gasteiger partial charge on any atom is 0.295 e. The first-order chi connectivity index (χ1) is 4.30. The molecule has 0 fully saturated rings. The van der Waals surface area contributed by atoms with Gasteiger partial charge in [-0.25, -0.2) is 8.78 Å². The third-order valence-corrected chi connectivity index (χ3v) is 1.69. The second-order valence-corrected chi connectivity index (χ2v) is 2.52. The molecule has 0 aromatic heterocycles. The van der Waals surface area contributed by atoms with Gasteiger partial charge in [-0.1, -0.05) is 0 Å². The third-order valence-electron chi connectivity index (χ3n) is 0.884. The van der Waals surface area contributed by atoms with Crippen LogP contribution in [0.15, 0.2) is 11.2 Å². The van der Waals surface area contributed by atoms with Crippen LogP contribution in [0.25, 0.3) is 0 Å². The molecule has 1 heterocycles. The van der Waals surface area contributed by atoms with Crippen LogP contribution in [-0.2, 0) is 4.74 Å². The van der Waals surface area contributed by atoms with Crippen LogP contribution in [0.3, 0.4) is 0 Å². The number of rotatable bonds is 1. The van der Waals surface area contributed by atoms with Gasteiger partial charge in [0, 0.05) is 11.2 Å². The van der Waals surface area contributed by atoms with Crippen LogP contribution in [0.5, 0.6) is 0 Å². The molecule has 0 saturated heterocycles. The quantitative estimate of drug-likeness (QED) is 0.567. The first kappa shape index (κ1) is 6.86. The average Bonchev–Trinajstić information content (AvgIpc) is 1.90. The highest BCUT2D eigenvalue weighted by Gasteiger charge is 2.14. The van der Waals surface area contributed by atoms with Gasteiger partial charge in [-0.2, -0.15) is 0 Å². The molecule has 0 bridgehead atoms. The Morgan fingerprint density at radius 3 is 2.78 bits per heavy atom. The topological polar surface area (TPSA) is 9.23 Å². The van der Waals surface area contributed by atoms with Crippen molar-refractivity contribution in [3.05, 3.63) is 11.2 Å². The SMILES string of the molecule is FC(F)C1=CSCCO1. The predicted octanol–water partition coefficient (Wildman–Crippen LogP) is 1.86. The lowest BCUT2D eigenvalue weighted by molar-refractivity contribution is 0.0880. The van der Waals surface area contributed by atoms with Crippen molar-refractivity contribution < 1.29 is 13.5 Å². The minimum Gasteiger partial charge on any atom is -0.490 e. The smallest absolute Gasteiger partial charge is 0.295 e. The molecule has 52 valence electrons. The molecule has 9 heavy (non-hydrogen) atoms. The van der Waals surface area contributed by atoms with E-state index in [0.717, 1.165) is 5.75 Å². The van der Waals surface area contributed by atoms with Gasteiger partial charge in [-0.05, 0) is 0 Å². The molecular weight excluding hydrogens is 146 g/mol. The number of alkyl halides is 2. The van der Waals surface area contributed by atoms with Gasteiger partial charge in [-0.3, -0.25) is 0 Å². The van der Waals surface area contributed by atoms with E-state index < -0.39 is 6.43 Å². The summed E-state index contributed by atoms with van der Waals surface area (Å²) < 4.78 is 28.1. The predicted molar refractivity (Wildman–Crippen MR) is 32.5 cm³/mol. The van der Waals surface area contributed by atoms with Gasteiger partial charge in [0.05, 0.1) is 6.61 Å². The molecule has 0 aliphatic carbocycles. The van der Waals surface area contributed by atoms with Crippen LogP contribution < -0.4 is 0 Å². The maximum atomic E-state index is 11.7. The Kier molecular flexibility index (Phi) is 2.33. The van der Waals surface area contributed by atoms with E-state index in [9.17, 15) is 8.78 Å². The highest BCUT2D eigenvalue weighted by atomic mass is 32.2. The van der Waals surface area contributed by atoms with Gasteiger partial charge in [0.15, 0.2) is 5.76 Å². The Hall–Kier alpha value is -0.250. The molecule has 4 heteroatoms. The van der Waals surface area contributed by atoms with Crippen LogP contribution >= 0.6 is 11.8 Å². The lowest BCUT2D eigenvalue weighted by Crippen LogP contribution is -2.08. The highest BCUT2D eigenvalue weighted by Crippen LogP contribution is 2.19. The molecule has 1 rings (SSSR count). The van der Waals surface area contributed by atoms with Crippen molar-refractivity contribution in [3.8, 4) is 0 Å². The van der Waals surface area contributed by atoms with Crippen molar-refractivity contribution in [1.29, 1.82) is 0 Å². The molecule has 0 spiro atoms. The van der Waals surface area contributed by atoms with E-state index in [1.165, 1.54) is 17.2 Å². The zero-order chi connectivity index (χ0) is 6.69. The van der Waals surface area contributed by atoms with Crippen molar-refractivity contribution in [3.63, 3.8) is 0 Å². The molecule has 0 radical (unpaired) electrons. The third kappa shape index (κ3) is 1.86. The second-order valence-electron chi connectivity index (χ2n) is 1.54. The summed E-state index contributed by atoms with van der Waals surface area (Å²) in [7, 11) is 0. The molecule has 1 aliphatic rings. The molecule has 1 aliphatic heterocycles. The highest BCUT2D eigenvalue weighted by molar-refractivity contribution is 8.02. The minimum absolute atomic E-state index is 0.189. The van der Waals surface area contributed by atoms with E-state index in [4.69, 9.17) is 0 Å². The average molecular weight is 152 g/mol. The van der Waals surface area contributed by atoms with Gasteiger partial charge in [0.1, 0.15) is 0 Å². The summed E-state index contributed by atoms with van der Waals surface area (Å²) in [4.78, 5) is 0. The fraction of sp³-hybridized carbons (Fsp3) is 0.600. The maximum absolute atomic E-state index is 11.7. The summed E-state index contributed by atoms with van der Waals surface area (Å²) in [5.74, 6) is 0.585. The van der Waals surface area contributed by atoms with Crippen LogP contribution in [0.1, 0.15) is 0 Å². The zero-order valence-corrected chi connectivity index (χ0v) is 5.46. The van der Waals surface area contributed by atoms with Crippen molar-refractivity contribution in [2.45, 2.75) is 6.43 Å². The summed E-state index contributed by atoms with van der Waals surface area (Å²) in [6.07, 6.45) is -2.45. The molecule has 0 atom stereocenters. The Bertz CT molecular complexity index is 124. The van der Waals surface area contributed by atoms with E-state index in [0.29, 0.717) is 6.61 Å². The van der Waals surface area contributed by atoms with Gasteiger partial charge in [0.2, 0.25) is 0 Å². The molecule has 0 amide bonds. The van der Waals surface area contributed by atoms with Gasteiger partial charge < -0.3 is 4.74 Å². The zero-order valence-electron chi connectivity index (χ0n) is 4.64. The Morgan fingerprint density at radius 1 is 1.67 bits per heavy atom. The molecule has 0 aromatic rings. The van der Waals surface area contributed by atoms with Gasteiger partial charge in [-0.15, -0.1) is 11.8 Å². The lowest BCUT2D eigenvalue weighted by Gasteiger charge is -2.12. The van der Waals surface area contributed by atoms with E-state index >= 15 is 0 Å². The first-order valence-electron chi connectivity index (χ1n) is 2.53. The molecular formula is C5H6F2OS. The number of hydrogen-bond donors (Lipinski definition) is 0. The summed E-state index contributed by atoms with van der Waals surface area (Å²) in [6.45, 7) is 0.404.